The second-order valence-corrected chi connectivity index (χ2v) is 8.66. The van der Waals surface area contributed by atoms with E-state index in [-0.39, 0.29) is 11.8 Å². The van der Waals surface area contributed by atoms with Crippen molar-refractivity contribution in [2.75, 3.05) is 11.6 Å². The fourth-order valence-electron chi connectivity index (χ4n) is 3.14. The zero-order valence-electron chi connectivity index (χ0n) is 16.9. The van der Waals surface area contributed by atoms with Crippen LogP contribution in [-0.2, 0) is 0 Å². The number of thiazole rings is 1. The minimum atomic E-state index is -0.223. The zero-order valence-corrected chi connectivity index (χ0v) is 18.5. The highest BCUT2D eigenvalue weighted by Crippen LogP contribution is 2.28. The van der Waals surface area contributed by atoms with Gasteiger partial charge in [-0.15, -0.1) is 23.1 Å². The molecular formula is C22H21N5OS2. The molecule has 152 valence electrons. The first-order valence-electron chi connectivity index (χ1n) is 9.47. The first-order chi connectivity index (χ1) is 14.6. The summed E-state index contributed by atoms with van der Waals surface area (Å²) in [4.78, 5) is 23.1. The Balaban J connectivity index is 1.57. The lowest BCUT2D eigenvalue weighted by atomic mass is 10.1. The van der Waals surface area contributed by atoms with E-state index in [4.69, 9.17) is 0 Å². The Morgan fingerprint density at radius 2 is 1.97 bits per heavy atom. The number of nitrogens with zero attached hydrogens (tertiary/aromatic N) is 4. The fraction of sp³-hybridized carbons (Fsp3) is 0.182. The lowest BCUT2D eigenvalue weighted by Crippen LogP contribution is -2.15. The van der Waals surface area contributed by atoms with Crippen molar-refractivity contribution in [1.29, 1.82) is 0 Å². The number of carbonyl (C=O) groups excluding carboxylic acids is 1. The van der Waals surface area contributed by atoms with Crippen LogP contribution in [0.5, 0.6) is 0 Å². The van der Waals surface area contributed by atoms with Gasteiger partial charge in [0.05, 0.1) is 23.1 Å². The minimum absolute atomic E-state index is 0.0945. The zero-order chi connectivity index (χ0) is 21.1. The Labute approximate surface area is 183 Å². The van der Waals surface area contributed by atoms with Crippen molar-refractivity contribution >= 4 is 34.1 Å². The highest BCUT2D eigenvalue weighted by Gasteiger charge is 2.22. The highest BCUT2D eigenvalue weighted by atomic mass is 32.2. The molecule has 3 aromatic heterocycles. The molecule has 0 spiro atoms. The molecule has 0 bridgehead atoms. The molecule has 0 radical (unpaired) electrons. The summed E-state index contributed by atoms with van der Waals surface area (Å²) in [5.74, 6) is 0.557. The van der Waals surface area contributed by atoms with Gasteiger partial charge in [0.15, 0.2) is 10.9 Å². The van der Waals surface area contributed by atoms with Crippen LogP contribution in [0.15, 0.2) is 65.1 Å². The third-order valence-electron chi connectivity index (χ3n) is 4.57. The number of aromatic nitrogens is 4. The maximum atomic E-state index is 13.0. The number of amides is 1. The predicted octanol–water partition coefficient (Wildman–Crippen LogP) is 5.49. The first-order valence-corrected chi connectivity index (χ1v) is 11.6. The molecule has 0 saturated heterocycles. The Morgan fingerprint density at radius 3 is 2.63 bits per heavy atom. The number of thioether (sulfide) groups is 1. The van der Waals surface area contributed by atoms with Crippen molar-refractivity contribution in [2.24, 2.45) is 0 Å². The molecule has 30 heavy (non-hydrogen) atoms. The van der Waals surface area contributed by atoms with Gasteiger partial charge in [-0.2, -0.15) is 5.10 Å². The van der Waals surface area contributed by atoms with Crippen molar-refractivity contribution in [1.82, 2.24) is 19.7 Å². The largest absolute Gasteiger partial charge is 0.298 e. The van der Waals surface area contributed by atoms with Crippen molar-refractivity contribution < 1.29 is 4.79 Å². The summed E-state index contributed by atoms with van der Waals surface area (Å²) in [6, 6.07) is 13.8. The number of anilines is 1. The van der Waals surface area contributed by atoms with Crippen LogP contribution in [0.1, 0.15) is 35.8 Å². The number of hydrogen-bond acceptors (Lipinski definition) is 6. The van der Waals surface area contributed by atoms with E-state index >= 15 is 0 Å². The van der Waals surface area contributed by atoms with E-state index in [1.807, 2.05) is 55.8 Å². The fourth-order valence-corrected chi connectivity index (χ4v) is 4.26. The third-order valence-corrected chi connectivity index (χ3v) is 6.08. The van der Waals surface area contributed by atoms with Gasteiger partial charge in [-0.25, -0.2) is 14.6 Å². The molecule has 3 heterocycles. The maximum absolute atomic E-state index is 13.0. The standard InChI is InChI=1S/C22H21N5OS2/c1-14(2)20-17(12-24-27(20)19-6-4-5-11-23-19)21(28)26-22-25-18(13-30-22)15-7-9-16(29-3)10-8-15/h4-14H,1-3H3,(H,25,26,28). The Hall–Kier alpha value is -2.97. The van der Waals surface area contributed by atoms with Gasteiger partial charge in [-0.3, -0.25) is 10.1 Å². The summed E-state index contributed by atoms with van der Waals surface area (Å²) in [6.45, 7) is 4.07. The van der Waals surface area contributed by atoms with Gasteiger partial charge in [-0.1, -0.05) is 32.0 Å². The average Bonchev–Trinajstić information content (AvgIpc) is 3.42. The van der Waals surface area contributed by atoms with Crippen LogP contribution in [0.3, 0.4) is 0 Å². The molecule has 6 nitrogen and oxygen atoms in total. The van der Waals surface area contributed by atoms with Crippen molar-refractivity contribution in [3.8, 4) is 17.1 Å². The number of rotatable bonds is 6. The third kappa shape index (κ3) is 4.15. The molecule has 0 aliphatic rings. The SMILES string of the molecule is CSc1ccc(-c2csc(NC(=O)c3cnn(-c4ccccn4)c3C(C)C)n2)cc1. The number of hydrogen-bond donors (Lipinski definition) is 1. The first kappa shape index (κ1) is 20.3. The Kier molecular flexibility index (Phi) is 5.96. The number of carbonyl (C=O) groups is 1. The van der Waals surface area contributed by atoms with E-state index in [1.165, 1.54) is 16.2 Å². The Bertz CT molecular complexity index is 1150. The van der Waals surface area contributed by atoms with Gasteiger partial charge < -0.3 is 0 Å². The van der Waals surface area contributed by atoms with Gasteiger partial charge in [0.2, 0.25) is 0 Å². The summed E-state index contributed by atoms with van der Waals surface area (Å²) in [6.07, 6.45) is 5.35. The monoisotopic (exact) mass is 435 g/mol. The van der Waals surface area contributed by atoms with Crippen LogP contribution >= 0.6 is 23.1 Å². The van der Waals surface area contributed by atoms with Gasteiger partial charge in [0, 0.05) is 22.0 Å². The molecule has 1 N–H and O–H groups in total. The van der Waals surface area contributed by atoms with E-state index in [9.17, 15) is 4.79 Å². The quantitative estimate of drug-likeness (QED) is 0.406. The molecule has 4 aromatic rings. The van der Waals surface area contributed by atoms with E-state index in [2.05, 4.69) is 32.5 Å². The molecule has 0 unspecified atom stereocenters. The van der Waals surface area contributed by atoms with E-state index in [0.717, 1.165) is 17.0 Å². The van der Waals surface area contributed by atoms with Crippen LogP contribution < -0.4 is 5.32 Å². The molecule has 0 aliphatic carbocycles. The van der Waals surface area contributed by atoms with E-state index in [0.29, 0.717) is 16.5 Å². The minimum Gasteiger partial charge on any atom is -0.298 e. The van der Waals surface area contributed by atoms with E-state index in [1.54, 1.807) is 28.8 Å². The molecule has 0 aliphatic heterocycles. The second kappa shape index (κ2) is 8.81. The molecule has 0 atom stereocenters. The average molecular weight is 436 g/mol. The molecule has 1 aromatic carbocycles. The smallest absolute Gasteiger partial charge is 0.260 e. The Morgan fingerprint density at radius 1 is 1.17 bits per heavy atom. The summed E-state index contributed by atoms with van der Waals surface area (Å²) >= 11 is 3.11. The van der Waals surface area contributed by atoms with E-state index < -0.39 is 0 Å². The van der Waals surface area contributed by atoms with Crippen LogP contribution in [0.4, 0.5) is 5.13 Å². The van der Waals surface area contributed by atoms with Gasteiger partial charge in [0.1, 0.15) is 0 Å². The summed E-state index contributed by atoms with van der Waals surface area (Å²) in [5, 5.41) is 9.84. The van der Waals surface area contributed by atoms with Gasteiger partial charge >= 0.3 is 0 Å². The molecule has 0 fully saturated rings. The predicted molar refractivity (Wildman–Crippen MR) is 123 cm³/mol. The lowest BCUT2D eigenvalue weighted by molar-refractivity contribution is 0.102. The number of nitrogens with one attached hydrogen (secondary N) is 1. The molecular weight excluding hydrogens is 414 g/mol. The number of pyridine rings is 1. The second-order valence-electron chi connectivity index (χ2n) is 6.92. The highest BCUT2D eigenvalue weighted by molar-refractivity contribution is 7.98. The summed E-state index contributed by atoms with van der Waals surface area (Å²) in [7, 11) is 0. The van der Waals surface area contributed by atoms with Gasteiger partial charge in [-0.05, 0) is 36.4 Å². The van der Waals surface area contributed by atoms with Crippen LogP contribution in [0.2, 0.25) is 0 Å². The molecule has 0 saturated carbocycles. The topological polar surface area (TPSA) is 72.7 Å². The van der Waals surface area contributed by atoms with Crippen LogP contribution in [0.25, 0.3) is 17.1 Å². The number of benzene rings is 1. The normalized spacial score (nSPS) is 11.1. The molecule has 4 rings (SSSR count). The van der Waals surface area contributed by atoms with Crippen molar-refractivity contribution in [3.05, 3.63) is 71.5 Å². The van der Waals surface area contributed by atoms with Crippen LogP contribution in [-0.4, -0.2) is 31.9 Å². The molecule has 8 heteroatoms. The van der Waals surface area contributed by atoms with Crippen LogP contribution in [0, 0.1) is 0 Å². The van der Waals surface area contributed by atoms with Crippen molar-refractivity contribution in [3.63, 3.8) is 0 Å². The molecule has 1 amide bonds. The van der Waals surface area contributed by atoms with Gasteiger partial charge in [0.25, 0.3) is 5.91 Å². The maximum Gasteiger partial charge on any atom is 0.260 e. The lowest BCUT2D eigenvalue weighted by Gasteiger charge is -2.11. The summed E-state index contributed by atoms with van der Waals surface area (Å²) < 4.78 is 1.72. The summed E-state index contributed by atoms with van der Waals surface area (Å²) in [5.41, 5.74) is 3.21. The van der Waals surface area contributed by atoms with Crippen molar-refractivity contribution in [2.45, 2.75) is 24.7 Å².